The first-order valence-corrected chi connectivity index (χ1v) is 22.7. The fourth-order valence-electron chi connectivity index (χ4n) is 6.79. The number of hydrogen-bond donors (Lipinski definition) is 1. The Morgan fingerprint density at radius 2 is 0.907 bits per heavy atom. The van der Waals surface area contributed by atoms with Crippen LogP contribution < -0.4 is 4.74 Å². The summed E-state index contributed by atoms with van der Waals surface area (Å²) in [6.07, 6.45) is 48.1. The van der Waals surface area contributed by atoms with Crippen molar-refractivity contribution in [3.05, 3.63) is 66.3 Å². The molecule has 0 bridgehead atoms. The van der Waals surface area contributed by atoms with Crippen molar-refractivity contribution < 1.29 is 19.4 Å². The van der Waals surface area contributed by atoms with E-state index in [4.69, 9.17) is 14.6 Å². The van der Waals surface area contributed by atoms with Crippen molar-refractivity contribution in [3.63, 3.8) is 0 Å². The molecule has 0 unspecified atom stereocenters. The second kappa shape index (κ2) is 37.3. The van der Waals surface area contributed by atoms with Crippen LogP contribution in [0.25, 0.3) is 10.8 Å². The highest BCUT2D eigenvalue weighted by molar-refractivity contribution is 5.86. The van der Waals surface area contributed by atoms with Crippen LogP contribution in [0, 0.1) is 0 Å². The van der Waals surface area contributed by atoms with E-state index in [1.807, 2.05) is 36.4 Å². The number of carbonyl (C=O) groups is 1. The fourth-order valence-corrected chi connectivity index (χ4v) is 6.79. The minimum absolute atomic E-state index is 0.485. The van der Waals surface area contributed by atoms with Gasteiger partial charge in [-0.15, -0.1) is 0 Å². The van der Waals surface area contributed by atoms with Gasteiger partial charge in [0.2, 0.25) is 0 Å². The van der Waals surface area contributed by atoms with E-state index in [0.717, 1.165) is 35.3 Å². The van der Waals surface area contributed by atoms with Gasteiger partial charge in [0.05, 0.1) is 13.0 Å². The first-order valence-electron chi connectivity index (χ1n) is 22.7. The maximum absolute atomic E-state index is 10.9. The summed E-state index contributed by atoms with van der Waals surface area (Å²) in [6, 6.07) is 11.4. The Hall–Kier alpha value is -2.59. The van der Waals surface area contributed by atoms with Gasteiger partial charge in [-0.05, 0) is 99.6 Å². The number of fused-ring (bicyclic) bond motifs is 1. The van der Waals surface area contributed by atoms with E-state index in [2.05, 4.69) is 38.2 Å². The fraction of sp³-hybridized carbons (Fsp3) is 0.700. The van der Waals surface area contributed by atoms with Crippen LogP contribution in [0.5, 0.6) is 5.75 Å². The van der Waals surface area contributed by atoms with Crippen LogP contribution in [0.2, 0.25) is 0 Å². The Balaban J connectivity index is 0.000000703. The van der Waals surface area contributed by atoms with Gasteiger partial charge in [0, 0.05) is 13.2 Å². The molecule has 0 spiro atoms. The molecule has 0 aliphatic heterocycles. The Morgan fingerprint density at radius 3 is 1.31 bits per heavy atom. The number of ether oxygens (including phenoxy) is 2. The van der Waals surface area contributed by atoms with Gasteiger partial charge in [-0.2, -0.15) is 0 Å². The minimum atomic E-state index is -0.808. The lowest BCUT2D eigenvalue weighted by molar-refractivity contribution is -0.138. The topological polar surface area (TPSA) is 55.8 Å². The molecule has 4 heteroatoms. The average molecular weight is 749 g/mol. The summed E-state index contributed by atoms with van der Waals surface area (Å²) in [4.78, 5) is 10.9. The van der Waals surface area contributed by atoms with Crippen molar-refractivity contribution in [3.8, 4) is 5.75 Å². The van der Waals surface area contributed by atoms with Crippen LogP contribution in [-0.2, 0) is 9.53 Å². The van der Waals surface area contributed by atoms with E-state index in [9.17, 15) is 4.79 Å². The highest BCUT2D eigenvalue weighted by Gasteiger charge is 2.13. The predicted octanol–water partition coefficient (Wildman–Crippen LogP) is 16.1. The largest absolute Gasteiger partial charge is 0.497 e. The van der Waals surface area contributed by atoms with Gasteiger partial charge in [0.25, 0.3) is 0 Å². The van der Waals surface area contributed by atoms with Crippen LogP contribution in [0.1, 0.15) is 212 Å². The number of unbranched alkanes of at least 4 members (excludes halogenated alkanes) is 24. The van der Waals surface area contributed by atoms with Crippen molar-refractivity contribution in [2.45, 2.75) is 206 Å². The van der Waals surface area contributed by atoms with Crippen molar-refractivity contribution in [2.24, 2.45) is 0 Å². The highest BCUT2D eigenvalue weighted by atomic mass is 16.5. The van der Waals surface area contributed by atoms with Gasteiger partial charge >= 0.3 is 5.97 Å². The van der Waals surface area contributed by atoms with E-state index in [1.165, 1.54) is 180 Å². The molecule has 2 aromatic carbocycles. The first kappa shape index (κ1) is 49.4. The summed E-state index contributed by atoms with van der Waals surface area (Å²) >= 11 is 0. The molecule has 0 amide bonds. The molecule has 0 aliphatic rings. The number of carboxylic acid groups (broad SMARTS) is 1. The molecule has 0 radical (unpaired) electrons. The van der Waals surface area contributed by atoms with Gasteiger partial charge in [-0.1, -0.05) is 178 Å². The number of hydrogen-bond acceptors (Lipinski definition) is 3. The monoisotopic (exact) mass is 749 g/mol. The predicted molar refractivity (Wildman–Crippen MR) is 236 cm³/mol. The van der Waals surface area contributed by atoms with E-state index in [0.29, 0.717) is 0 Å². The maximum Gasteiger partial charge on any atom is 0.310 e. The molecular formula is C50H84O4. The third kappa shape index (κ3) is 28.8. The maximum atomic E-state index is 10.9. The van der Waals surface area contributed by atoms with E-state index in [1.54, 1.807) is 14.0 Å². The summed E-state index contributed by atoms with van der Waals surface area (Å²) in [5, 5.41) is 11.0. The van der Waals surface area contributed by atoms with Crippen molar-refractivity contribution in [1.29, 1.82) is 0 Å². The summed E-state index contributed by atoms with van der Waals surface area (Å²) < 4.78 is 11.0. The van der Waals surface area contributed by atoms with E-state index < -0.39 is 11.9 Å². The number of allylic oxidation sites excluding steroid dienone is 4. The summed E-state index contributed by atoms with van der Waals surface area (Å²) in [5.41, 5.74) is 0.815. The molecule has 4 nitrogen and oxygen atoms in total. The van der Waals surface area contributed by atoms with Crippen LogP contribution in [-0.4, -0.2) is 31.4 Å². The third-order valence-electron chi connectivity index (χ3n) is 10.5. The first-order chi connectivity index (χ1) is 26.5. The average Bonchev–Trinajstić information content (AvgIpc) is 3.19. The van der Waals surface area contributed by atoms with Gasteiger partial charge < -0.3 is 14.6 Å². The van der Waals surface area contributed by atoms with Gasteiger partial charge in [-0.25, -0.2) is 0 Å². The molecule has 1 atom stereocenters. The second-order valence-corrected chi connectivity index (χ2v) is 15.5. The van der Waals surface area contributed by atoms with Gasteiger partial charge in [0.15, 0.2) is 0 Å². The second-order valence-electron chi connectivity index (χ2n) is 15.5. The summed E-state index contributed by atoms with van der Waals surface area (Å²) in [6.45, 7) is 8.23. The third-order valence-corrected chi connectivity index (χ3v) is 10.5. The van der Waals surface area contributed by atoms with E-state index in [-0.39, 0.29) is 0 Å². The zero-order valence-electron chi connectivity index (χ0n) is 35.7. The number of carboxylic acids is 1. The van der Waals surface area contributed by atoms with Crippen LogP contribution in [0.3, 0.4) is 0 Å². The molecule has 0 saturated heterocycles. The number of methoxy groups -OCH3 is 1. The Labute approximate surface area is 334 Å². The molecule has 0 fully saturated rings. The molecule has 0 saturated carbocycles. The van der Waals surface area contributed by atoms with Crippen molar-refractivity contribution in [2.75, 3.05) is 20.3 Å². The van der Waals surface area contributed by atoms with E-state index >= 15 is 0 Å². The SMILES string of the molecule is CCCCCCCC/C=C\CCCCCCCCOCCCCCCCC/C=C\CCCCCCCC.COc1ccc2cc([C@H](C)C(=O)O)ccc2c1. The van der Waals surface area contributed by atoms with Crippen LogP contribution >= 0.6 is 0 Å². The molecular weight excluding hydrogens is 665 g/mol. The Morgan fingerprint density at radius 1 is 0.537 bits per heavy atom. The molecule has 0 heterocycles. The molecule has 2 rings (SSSR count). The normalized spacial score (nSPS) is 12.1. The zero-order valence-corrected chi connectivity index (χ0v) is 35.7. The molecule has 1 N–H and O–H groups in total. The number of rotatable bonds is 35. The van der Waals surface area contributed by atoms with Gasteiger partial charge in [-0.3, -0.25) is 4.79 Å². The van der Waals surface area contributed by atoms with Crippen molar-refractivity contribution in [1.82, 2.24) is 0 Å². The van der Waals surface area contributed by atoms with Gasteiger partial charge in [0.1, 0.15) is 5.75 Å². The summed E-state index contributed by atoms with van der Waals surface area (Å²) in [5.74, 6) is -0.490. The number of aliphatic carboxylic acids is 1. The molecule has 54 heavy (non-hydrogen) atoms. The smallest absolute Gasteiger partial charge is 0.310 e. The van der Waals surface area contributed by atoms with Crippen LogP contribution in [0.15, 0.2) is 60.7 Å². The lowest BCUT2D eigenvalue weighted by Crippen LogP contribution is -2.06. The quantitative estimate of drug-likeness (QED) is 0.0563. The van der Waals surface area contributed by atoms with Crippen LogP contribution in [0.4, 0.5) is 0 Å². The Bertz CT molecular complexity index is 1140. The zero-order chi connectivity index (χ0) is 39.2. The standard InChI is InChI=1S/C36H70O.C14H14O3/c1-3-5-7-9-11-13-15-17-19-21-23-25-27-29-31-33-35-37-36-34-32-30-28-26-24-22-20-18-16-14-12-10-8-6-4-2;1-9(14(15)16)10-3-4-12-8-13(17-2)6-5-11(12)7-10/h17-20H,3-16,21-36H2,1-2H3;3-9H,1-2H3,(H,15,16)/b19-17-,20-18-;/t;9-/m.0/s1. The van der Waals surface area contributed by atoms with Crippen molar-refractivity contribution >= 4 is 16.7 Å². The molecule has 2 aromatic rings. The number of benzene rings is 2. The lowest BCUT2D eigenvalue weighted by atomic mass is 9.98. The molecule has 0 aromatic heterocycles. The molecule has 0 aliphatic carbocycles. The highest BCUT2D eigenvalue weighted by Crippen LogP contribution is 2.25. The summed E-state index contributed by atoms with van der Waals surface area (Å²) in [7, 11) is 1.63. The molecule has 308 valence electrons. The lowest BCUT2D eigenvalue weighted by Gasteiger charge is -2.08. The Kier molecular flexibility index (Phi) is 34.2. The minimum Gasteiger partial charge on any atom is -0.497 e.